The van der Waals surface area contributed by atoms with Crippen LogP contribution in [0.15, 0.2) is 285 Å². The van der Waals surface area contributed by atoms with E-state index in [1.54, 1.807) is 27.7 Å². The number of esters is 4. The molecule has 7 aromatic rings. The SMILES string of the molecule is C.C.C.C.C.C.C=C(C)C(=O)OCCC[Si](C)(C)O[Si](C)(C)O[Si](C)(O[Si](C)(C)CCCOC(=O)C(=C)C)c1ccccc1.C=C(C)C(=O)OC[Si](C)(C)O[Si](C)(C)O[Si](C)(C)COC(=O)C(=C)C.C=C[Si](C)(C)O[Si](C)(C)O[Si](O[Si](C)(C)C=C)(c1ccccc1)c1ccccc1.CCOC(C[Si](C)(C)O[Si](C)(C)O[Si](C)(C)CC(OCC)(C(=O)c1ccccc1)c1ccccc1)(C(=O)c1ccccc1)c1ccccc1. The molecule has 0 aromatic heterocycles. The summed E-state index contributed by atoms with van der Waals surface area (Å²) in [6.07, 6.45) is 1.95. The van der Waals surface area contributed by atoms with Gasteiger partial charge in [0.15, 0.2) is 64.4 Å². The number of ether oxygens (including phenoxy) is 6. The quantitative estimate of drug-likeness (QED) is 0.00858. The summed E-state index contributed by atoms with van der Waals surface area (Å²) in [5.41, 5.74) is 5.87. The van der Waals surface area contributed by atoms with Gasteiger partial charge in [-0.05, 0) is 257 Å². The molecular formula is C111H190O22Si14. The fraction of sp³-hybridized carbons (Fsp3) is 0.459. The summed E-state index contributed by atoms with van der Waals surface area (Å²) in [4.78, 5) is 75.4. The van der Waals surface area contributed by atoms with Gasteiger partial charge in [0.05, 0.1) is 13.2 Å². The Bertz CT molecular complexity index is 5000. The average Bonchev–Trinajstić information content (AvgIpc) is 0.759. The van der Waals surface area contributed by atoms with E-state index >= 15 is 0 Å². The van der Waals surface area contributed by atoms with Gasteiger partial charge in [-0.2, -0.15) is 0 Å². The second kappa shape index (κ2) is 62.8. The molecule has 22 nitrogen and oxygen atoms in total. The van der Waals surface area contributed by atoms with Crippen molar-refractivity contribution in [2.45, 2.75) is 298 Å². The molecular weight excluding hydrogens is 2080 g/mol. The first-order chi connectivity index (χ1) is 65.1. The monoisotopic (exact) mass is 2270 g/mol. The molecule has 3 atom stereocenters. The van der Waals surface area contributed by atoms with Crippen LogP contribution in [0.1, 0.15) is 131 Å². The highest BCUT2D eigenvalue weighted by molar-refractivity contribution is 7.03. The van der Waals surface area contributed by atoms with E-state index in [1.807, 2.05) is 240 Å². The number of rotatable bonds is 55. The number of Topliss-reactive ketones (excluding diaryl/α,β-unsaturated/α-hetero) is 2. The molecule has 36 heteroatoms. The van der Waals surface area contributed by atoms with Crippen LogP contribution in [-0.2, 0) is 100.0 Å². The first-order valence-corrected chi connectivity index (χ1v) is 88.5. The van der Waals surface area contributed by atoms with Gasteiger partial charge in [-0.1, -0.05) is 295 Å². The first kappa shape index (κ1) is 144. The van der Waals surface area contributed by atoms with Crippen LogP contribution in [0.2, 0.25) is 188 Å². The molecule has 0 aliphatic heterocycles. The first-order valence-electron chi connectivity index (χ1n) is 48.4. The molecule has 0 bridgehead atoms. The Morgan fingerprint density at radius 3 is 0.823 bits per heavy atom. The van der Waals surface area contributed by atoms with Gasteiger partial charge in [-0.15, -0.1) is 13.2 Å². The van der Waals surface area contributed by atoms with E-state index in [2.05, 4.69) is 200 Å². The van der Waals surface area contributed by atoms with Gasteiger partial charge >= 0.3 is 75.2 Å². The van der Waals surface area contributed by atoms with E-state index in [0.717, 1.165) is 51.6 Å². The number of carbonyl (C=O) groups excluding carboxylic acids is 6. The van der Waals surface area contributed by atoms with Crippen LogP contribution in [0.4, 0.5) is 0 Å². The van der Waals surface area contributed by atoms with Crippen LogP contribution in [0, 0.1) is 0 Å². The molecule has 0 heterocycles. The second-order valence-corrected chi connectivity index (χ2v) is 97.1. The predicted molar refractivity (Wildman–Crippen MR) is 650 cm³/mol. The molecule has 0 aliphatic carbocycles. The zero-order chi connectivity index (χ0) is 107. The van der Waals surface area contributed by atoms with Crippen molar-refractivity contribution in [3.63, 3.8) is 0 Å². The normalized spacial score (nSPS) is 13.3. The van der Waals surface area contributed by atoms with Gasteiger partial charge in [0, 0.05) is 58.7 Å². The van der Waals surface area contributed by atoms with Crippen molar-refractivity contribution in [2.75, 3.05) is 38.9 Å². The number of hydrogen-bond acceptors (Lipinski definition) is 22. The summed E-state index contributed by atoms with van der Waals surface area (Å²) < 4.78 is 102. The van der Waals surface area contributed by atoms with Crippen molar-refractivity contribution in [2.24, 2.45) is 0 Å². The van der Waals surface area contributed by atoms with Gasteiger partial charge in [0.1, 0.15) is 12.5 Å². The molecule has 0 N–H and O–H groups in total. The zero-order valence-corrected chi connectivity index (χ0v) is 105. The summed E-state index contributed by atoms with van der Waals surface area (Å²) in [5.74, 6) is -1.70. The van der Waals surface area contributed by atoms with E-state index in [4.69, 9.17) is 69.6 Å². The smallest absolute Gasteiger partial charge is 0.388 e. The molecule has 3 unspecified atom stereocenters. The molecule has 0 fully saturated rings. The molecule has 7 rings (SSSR count). The van der Waals surface area contributed by atoms with Crippen molar-refractivity contribution >= 4 is 169 Å². The lowest BCUT2D eigenvalue weighted by atomic mass is 9.87. The molecule has 0 spiro atoms. The Hall–Kier alpha value is -7.24. The third-order valence-corrected chi connectivity index (χ3v) is 73.3. The Labute approximate surface area is 904 Å². The highest BCUT2D eigenvalue weighted by atomic mass is 28.5. The molecule has 0 amide bonds. The van der Waals surface area contributed by atoms with Crippen molar-refractivity contribution in [1.82, 2.24) is 0 Å². The highest BCUT2D eigenvalue weighted by Gasteiger charge is 2.56. The van der Waals surface area contributed by atoms with Crippen LogP contribution in [0.5, 0.6) is 0 Å². The number of benzene rings is 7. The maximum absolute atomic E-state index is 14.4. The van der Waals surface area contributed by atoms with Crippen molar-refractivity contribution in [1.29, 1.82) is 0 Å². The summed E-state index contributed by atoms with van der Waals surface area (Å²) in [6.45, 7) is 86.6. The molecule has 0 radical (unpaired) electrons. The molecule has 147 heavy (non-hydrogen) atoms. The van der Waals surface area contributed by atoms with Crippen LogP contribution in [0.3, 0.4) is 0 Å². The standard InChI is InChI=1S/C40H52O6Si3.C27H48O7Si4.C22H34O3Si4.C16H32O6Si3.6CH4/c1-9-43-39(35-27-19-13-20-28-35,37(41)33-23-15-11-16-24-33)31-47(3,4)45-49(7,8)46-48(5,6)32-40(44-10-2,36-29-21-14-22-30-36)38(42)34-25-17-12-18-26-34;1-23(2)26(28)30-19-15-21-35(5,6)32-37(9,10)34-38(11,25-17-13-12-14-18-25)33-36(7,8)22-16-20-31-27(29)24(3)4;1-9-26(3,4)23-28(7,8)25-29(24-27(5,6)10-2,21-17-13-11-14-18-21)22-19-15-12-16-20-22;1-13(2)15(17)19-11-23(5,6)21-25(9,10)22-24(7,8)12-20-16(18)14(3)4;;;;;;/h11-30H,9-10,31-32H2,1-8H3;12-14,17-18H,1,3,15-16,19-22H2,2,4-11H3;9-20H,1-2H2,3-8H3;1,3,11-12H2,2,4-10H3;6*1H4. The minimum absolute atomic E-state index is 0. The minimum atomic E-state index is -3.04. The second-order valence-electron chi connectivity index (χ2n) is 42.2. The van der Waals surface area contributed by atoms with E-state index in [0.29, 0.717) is 71.9 Å². The van der Waals surface area contributed by atoms with Crippen molar-refractivity contribution < 1.29 is 98.3 Å². The number of carbonyl (C=O) groups is 6. The average molecular weight is 2270 g/mol. The van der Waals surface area contributed by atoms with Crippen LogP contribution < -0.4 is 15.6 Å². The van der Waals surface area contributed by atoms with Crippen LogP contribution in [-0.4, -0.2) is 192 Å². The van der Waals surface area contributed by atoms with Crippen LogP contribution in [0.25, 0.3) is 0 Å². The van der Waals surface area contributed by atoms with Gasteiger partial charge in [0.2, 0.25) is 25.0 Å². The Morgan fingerprint density at radius 2 is 0.531 bits per heavy atom. The van der Waals surface area contributed by atoms with Gasteiger partial charge in [0.25, 0.3) is 0 Å². The predicted octanol–water partition coefficient (Wildman–Crippen LogP) is 28.0. The lowest BCUT2D eigenvalue weighted by molar-refractivity contribution is -0.139. The fourth-order valence-corrected chi connectivity index (χ4v) is 79.4. The topological polar surface area (TPSA) is 250 Å². The number of ketones is 2. The maximum Gasteiger partial charge on any atom is 0.388 e. The van der Waals surface area contributed by atoms with Crippen LogP contribution >= 0.6 is 0 Å². The number of hydrogen-bond donors (Lipinski definition) is 0. The molecule has 0 aliphatic rings. The molecule has 7 aromatic carbocycles. The van der Waals surface area contributed by atoms with Gasteiger partial charge in [-0.25, -0.2) is 19.2 Å². The van der Waals surface area contributed by atoms with Gasteiger partial charge < -0.3 is 69.6 Å². The fourth-order valence-electron chi connectivity index (χ4n) is 16.8. The minimum Gasteiger partial charge on any atom is -0.463 e. The Kier molecular flexibility index (Phi) is 61.5. The van der Waals surface area contributed by atoms with Gasteiger partial charge in [-0.3, -0.25) is 9.59 Å². The zero-order valence-electron chi connectivity index (χ0n) is 90.6. The highest BCUT2D eigenvalue weighted by Crippen LogP contribution is 2.44. The Balaban J connectivity index is -0.00000192. The van der Waals surface area contributed by atoms with E-state index in [-0.39, 0.29) is 80.5 Å². The molecule has 0 saturated heterocycles. The van der Waals surface area contributed by atoms with Crippen molar-refractivity contribution in [3.8, 4) is 0 Å². The lowest BCUT2D eigenvalue weighted by Crippen LogP contribution is -2.71. The van der Waals surface area contributed by atoms with E-state index < -0.39 is 141 Å². The summed E-state index contributed by atoms with van der Waals surface area (Å²) in [7, 11) is -34.8. The molecule has 822 valence electrons. The van der Waals surface area contributed by atoms with E-state index in [1.165, 1.54) is 0 Å². The third kappa shape index (κ3) is 49.6. The van der Waals surface area contributed by atoms with Crippen molar-refractivity contribution in [3.05, 3.63) is 308 Å². The summed E-state index contributed by atoms with van der Waals surface area (Å²) >= 11 is 0. The maximum atomic E-state index is 14.4. The largest absolute Gasteiger partial charge is 0.463 e. The van der Waals surface area contributed by atoms with E-state index in [9.17, 15) is 28.8 Å². The third-order valence-electron chi connectivity index (χ3n) is 21.6. The Morgan fingerprint density at radius 1 is 0.286 bits per heavy atom. The summed E-state index contributed by atoms with van der Waals surface area (Å²) in [5, 5.41) is 3.26. The summed E-state index contributed by atoms with van der Waals surface area (Å²) in [6, 6.07) is 71.7. The lowest BCUT2D eigenvalue weighted by Gasteiger charge is -2.44. The molecule has 0 saturated carbocycles.